The molecule has 2 heteroatoms. The van der Waals surface area contributed by atoms with E-state index in [9.17, 15) is 4.79 Å². The van der Waals surface area contributed by atoms with E-state index in [1.165, 1.54) is 19.3 Å². The number of ketones is 1. The fourth-order valence-corrected chi connectivity index (χ4v) is 2.95. The van der Waals surface area contributed by atoms with Gasteiger partial charge in [-0.15, -0.1) is 0 Å². The number of rotatable bonds is 4. The largest absolute Gasteiger partial charge is 0.315 e. The van der Waals surface area contributed by atoms with Gasteiger partial charge in [0.1, 0.15) is 5.78 Å². The summed E-state index contributed by atoms with van der Waals surface area (Å²) in [5.41, 5.74) is 0.0790. The van der Waals surface area contributed by atoms with Crippen molar-refractivity contribution in [1.29, 1.82) is 0 Å². The van der Waals surface area contributed by atoms with Gasteiger partial charge in [-0.25, -0.2) is 0 Å². The Balaban J connectivity index is 2.83. The molecule has 1 N–H and O–H groups in total. The predicted octanol–water partition coefficient (Wildman–Crippen LogP) is 3.02. The van der Waals surface area contributed by atoms with Crippen LogP contribution >= 0.6 is 0 Å². The molecule has 0 amide bonds. The SMILES string of the molecule is CNC(C)(C)C1CCCCC1C(=O)C(C)C. The Labute approximate surface area is 100 Å². The van der Waals surface area contributed by atoms with E-state index in [2.05, 4.69) is 19.2 Å². The topological polar surface area (TPSA) is 29.1 Å². The van der Waals surface area contributed by atoms with Crippen LogP contribution in [-0.2, 0) is 4.79 Å². The maximum atomic E-state index is 12.2. The maximum Gasteiger partial charge on any atom is 0.138 e. The van der Waals surface area contributed by atoms with Gasteiger partial charge < -0.3 is 5.32 Å². The summed E-state index contributed by atoms with van der Waals surface area (Å²) in [5, 5.41) is 3.38. The van der Waals surface area contributed by atoms with Crippen molar-refractivity contribution in [2.75, 3.05) is 7.05 Å². The van der Waals surface area contributed by atoms with Crippen LogP contribution in [0.2, 0.25) is 0 Å². The zero-order chi connectivity index (χ0) is 12.3. The molecule has 1 rings (SSSR count). The summed E-state index contributed by atoms with van der Waals surface area (Å²) >= 11 is 0. The minimum Gasteiger partial charge on any atom is -0.315 e. The van der Waals surface area contributed by atoms with Gasteiger partial charge in [0.05, 0.1) is 0 Å². The normalized spacial score (nSPS) is 27.1. The Bertz CT molecular complexity index is 245. The minimum atomic E-state index is 0.0790. The van der Waals surface area contributed by atoms with Crippen LogP contribution in [0.25, 0.3) is 0 Å². The number of carbonyl (C=O) groups excluding carboxylic acids is 1. The molecule has 0 heterocycles. The Kier molecular flexibility index (Phi) is 4.54. The number of hydrogen-bond acceptors (Lipinski definition) is 2. The Morgan fingerprint density at radius 3 is 2.31 bits per heavy atom. The van der Waals surface area contributed by atoms with Gasteiger partial charge in [-0.05, 0) is 39.7 Å². The highest BCUT2D eigenvalue weighted by Crippen LogP contribution is 2.38. The molecule has 0 spiro atoms. The average molecular weight is 225 g/mol. The summed E-state index contributed by atoms with van der Waals surface area (Å²) in [4.78, 5) is 12.2. The van der Waals surface area contributed by atoms with Crippen molar-refractivity contribution in [2.45, 2.75) is 58.9 Å². The minimum absolute atomic E-state index is 0.0790. The predicted molar refractivity (Wildman–Crippen MR) is 68.4 cm³/mol. The third-order valence-electron chi connectivity index (χ3n) is 4.27. The molecule has 16 heavy (non-hydrogen) atoms. The molecule has 0 aromatic carbocycles. The van der Waals surface area contributed by atoms with Gasteiger partial charge in [0, 0.05) is 17.4 Å². The second-order valence-corrected chi connectivity index (χ2v) is 6.03. The van der Waals surface area contributed by atoms with Gasteiger partial charge >= 0.3 is 0 Å². The second-order valence-electron chi connectivity index (χ2n) is 6.03. The van der Waals surface area contributed by atoms with Gasteiger partial charge in [-0.3, -0.25) is 4.79 Å². The molecule has 2 atom stereocenters. The van der Waals surface area contributed by atoms with Crippen LogP contribution in [0.1, 0.15) is 53.4 Å². The first-order chi connectivity index (χ1) is 7.40. The van der Waals surface area contributed by atoms with E-state index < -0.39 is 0 Å². The highest BCUT2D eigenvalue weighted by Gasteiger charge is 2.39. The molecule has 1 saturated carbocycles. The van der Waals surface area contributed by atoms with Crippen molar-refractivity contribution >= 4 is 5.78 Å². The van der Waals surface area contributed by atoms with Gasteiger partial charge in [-0.2, -0.15) is 0 Å². The molecule has 0 aromatic heterocycles. The molecule has 0 bridgehead atoms. The zero-order valence-corrected chi connectivity index (χ0v) is 11.5. The summed E-state index contributed by atoms with van der Waals surface area (Å²) < 4.78 is 0. The first-order valence-electron chi connectivity index (χ1n) is 6.62. The molecule has 1 fully saturated rings. The van der Waals surface area contributed by atoms with Crippen molar-refractivity contribution in [2.24, 2.45) is 17.8 Å². The number of Topliss-reactive ketones (excluding diaryl/α,β-unsaturated/α-hetero) is 1. The molecule has 0 aliphatic heterocycles. The Morgan fingerprint density at radius 2 is 1.81 bits per heavy atom. The van der Waals surface area contributed by atoms with Gasteiger partial charge in [0.2, 0.25) is 0 Å². The average Bonchev–Trinajstić information content (AvgIpc) is 2.28. The van der Waals surface area contributed by atoms with Crippen LogP contribution in [0.15, 0.2) is 0 Å². The Morgan fingerprint density at radius 1 is 1.25 bits per heavy atom. The van der Waals surface area contributed by atoms with Crippen molar-refractivity contribution < 1.29 is 4.79 Å². The molecule has 0 aromatic rings. The maximum absolute atomic E-state index is 12.2. The van der Waals surface area contributed by atoms with E-state index in [1.807, 2.05) is 20.9 Å². The summed E-state index contributed by atoms with van der Waals surface area (Å²) in [6, 6.07) is 0. The van der Waals surface area contributed by atoms with Crippen molar-refractivity contribution in [3.8, 4) is 0 Å². The molecular weight excluding hydrogens is 198 g/mol. The fourth-order valence-electron chi connectivity index (χ4n) is 2.95. The fraction of sp³-hybridized carbons (Fsp3) is 0.929. The van der Waals surface area contributed by atoms with E-state index in [1.54, 1.807) is 0 Å². The zero-order valence-electron chi connectivity index (χ0n) is 11.5. The molecule has 1 aliphatic rings. The summed E-state index contributed by atoms with van der Waals surface area (Å²) in [7, 11) is 2.01. The monoisotopic (exact) mass is 225 g/mol. The molecular formula is C14H27NO. The number of nitrogens with one attached hydrogen (secondary N) is 1. The molecule has 94 valence electrons. The molecule has 0 saturated heterocycles. The van der Waals surface area contributed by atoms with Crippen LogP contribution in [0.3, 0.4) is 0 Å². The lowest BCUT2D eigenvalue weighted by Gasteiger charge is -2.42. The summed E-state index contributed by atoms with van der Waals surface area (Å²) in [6.07, 6.45) is 4.78. The first kappa shape index (κ1) is 13.7. The summed E-state index contributed by atoms with van der Waals surface area (Å²) in [6.45, 7) is 8.51. The van der Waals surface area contributed by atoms with E-state index in [-0.39, 0.29) is 17.4 Å². The van der Waals surface area contributed by atoms with E-state index in [0.717, 1.165) is 6.42 Å². The smallest absolute Gasteiger partial charge is 0.138 e. The second kappa shape index (κ2) is 5.31. The standard InChI is InChI=1S/C14H27NO/c1-10(2)13(16)11-8-6-7-9-12(11)14(3,4)15-5/h10-12,15H,6-9H2,1-5H3. The first-order valence-corrected chi connectivity index (χ1v) is 6.62. The molecule has 2 nitrogen and oxygen atoms in total. The van der Waals surface area contributed by atoms with Crippen molar-refractivity contribution in [1.82, 2.24) is 5.32 Å². The van der Waals surface area contributed by atoms with Gasteiger partial charge in [0.15, 0.2) is 0 Å². The van der Waals surface area contributed by atoms with Crippen LogP contribution < -0.4 is 5.32 Å². The number of hydrogen-bond donors (Lipinski definition) is 1. The molecule has 1 aliphatic carbocycles. The lowest BCUT2D eigenvalue weighted by atomic mass is 9.67. The van der Waals surface area contributed by atoms with Gasteiger partial charge in [-0.1, -0.05) is 26.7 Å². The highest BCUT2D eigenvalue weighted by atomic mass is 16.1. The molecule has 2 unspecified atom stereocenters. The van der Waals surface area contributed by atoms with Crippen LogP contribution in [0.4, 0.5) is 0 Å². The van der Waals surface area contributed by atoms with Crippen LogP contribution in [-0.4, -0.2) is 18.4 Å². The van der Waals surface area contributed by atoms with E-state index in [0.29, 0.717) is 11.7 Å². The van der Waals surface area contributed by atoms with Crippen LogP contribution in [0.5, 0.6) is 0 Å². The highest BCUT2D eigenvalue weighted by molar-refractivity contribution is 5.83. The quantitative estimate of drug-likeness (QED) is 0.797. The number of carbonyl (C=O) groups is 1. The third kappa shape index (κ3) is 2.85. The van der Waals surface area contributed by atoms with Crippen molar-refractivity contribution in [3.05, 3.63) is 0 Å². The lowest BCUT2D eigenvalue weighted by molar-refractivity contribution is -0.130. The van der Waals surface area contributed by atoms with E-state index >= 15 is 0 Å². The summed E-state index contributed by atoms with van der Waals surface area (Å²) in [5.74, 6) is 1.42. The lowest BCUT2D eigenvalue weighted by Crippen LogP contribution is -2.50. The molecule has 0 radical (unpaired) electrons. The Hall–Kier alpha value is -0.370. The third-order valence-corrected chi connectivity index (χ3v) is 4.27. The van der Waals surface area contributed by atoms with E-state index in [4.69, 9.17) is 0 Å². The van der Waals surface area contributed by atoms with Gasteiger partial charge in [0.25, 0.3) is 0 Å². The van der Waals surface area contributed by atoms with Crippen LogP contribution in [0, 0.1) is 17.8 Å². The van der Waals surface area contributed by atoms with Crippen molar-refractivity contribution in [3.63, 3.8) is 0 Å².